The Labute approximate surface area is 266 Å². The van der Waals surface area contributed by atoms with E-state index < -0.39 is 52.7 Å². The van der Waals surface area contributed by atoms with Crippen LogP contribution in [0.15, 0.2) is 24.4 Å². The van der Waals surface area contributed by atoms with Crippen LogP contribution >= 0.6 is 0 Å². The number of likely N-dealkylation sites (tertiary alicyclic amines) is 1. The minimum atomic E-state index is -1.08. The number of aromatic nitrogens is 1. The van der Waals surface area contributed by atoms with E-state index in [-0.39, 0.29) is 29.1 Å². The van der Waals surface area contributed by atoms with Crippen molar-refractivity contribution in [2.45, 2.75) is 116 Å². The molecule has 4 aliphatic rings. The quantitative estimate of drug-likeness (QED) is 0.277. The number of amides is 5. The Morgan fingerprint density at radius 3 is 2.31 bits per heavy atom. The largest absolute Gasteiger partial charge is 0.363 e. The molecular formula is C34H50N6O5. The fourth-order valence-corrected chi connectivity index (χ4v) is 7.81. The van der Waals surface area contributed by atoms with Crippen LogP contribution in [0.2, 0.25) is 0 Å². The molecule has 1 saturated heterocycles. The molecule has 5 rings (SSSR count). The van der Waals surface area contributed by atoms with Gasteiger partial charge in [-0.3, -0.25) is 24.2 Å². The van der Waals surface area contributed by atoms with Gasteiger partial charge in [0.2, 0.25) is 17.6 Å². The lowest BCUT2D eigenvalue weighted by Gasteiger charge is -2.41. The fourth-order valence-electron chi connectivity index (χ4n) is 7.81. The van der Waals surface area contributed by atoms with E-state index in [1.165, 1.54) is 0 Å². The summed E-state index contributed by atoms with van der Waals surface area (Å²) in [6.07, 6.45) is 9.35. The number of carbonyl (C=O) groups excluding carboxylic acids is 5. The Bertz CT molecular complexity index is 1310. The van der Waals surface area contributed by atoms with Crippen molar-refractivity contribution >= 4 is 29.5 Å². The molecule has 246 valence electrons. The molecule has 5 N–H and O–H groups in total. The molecule has 4 fully saturated rings. The minimum absolute atomic E-state index is 0.0926. The zero-order valence-electron chi connectivity index (χ0n) is 27.4. The van der Waals surface area contributed by atoms with Crippen molar-refractivity contribution in [3.8, 4) is 0 Å². The predicted molar refractivity (Wildman–Crippen MR) is 168 cm³/mol. The number of hydrogen-bond donors (Lipinski definition) is 4. The highest BCUT2D eigenvalue weighted by molar-refractivity contribution is 6.37. The van der Waals surface area contributed by atoms with Gasteiger partial charge in [-0.2, -0.15) is 0 Å². The zero-order valence-corrected chi connectivity index (χ0v) is 27.4. The summed E-state index contributed by atoms with van der Waals surface area (Å²) in [7, 11) is 0. The first-order valence-electron chi connectivity index (χ1n) is 16.6. The number of pyridine rings is 1. The van der Waals surface area contributed by atoms with Gasteiger partial charge in [0.25, 0.3) is 5.91 Å². The van der Waals surface area contributed by atoms with E-state index in [0.717, 1.165) is 50.6 Å². The fraction of sp³-hybridized carbons (Fsp3) is 0.706. The number of hydrogen-bond acceptors (Lipinski definition) is 6. The van der Waals surface area contributed by atoms with Crippen molar-refractivity contribution < 1.29 is 24.0 Å². The zero-order chi connectivity index (χ0) is 32.7. The van der Waals surface area contributed by atoms with Gasteiger partial charge < -0.3 is 26.6 Å². The molecule has 0 radical (unpaired) electrons. The summed E-state index contributed by atoms with van der Waals surface area (Å²) in [5.41, 5.74) is 4.95. The predicted octanol–water partition coefficient (Wildman–Crippen LogP) is 2.86. The van der Waals surface area contributed by atoms with Crippen LogP contribution in [0.3, 0.4) is 0 Å². The van der Waals surface area contributed by atoms with E-state index >= 15 is 0 Å². The van der Waals surface area contributed by atoms with Gasteiger partial charge in [-0.05, 0) is 60.0 Å². The van der Waals surface area contributed by atoms with Gasteiger partial charge in [0.1, 0.15) is 12.1 Å². The van der Waals surface area contributed by atoms with E-state index in [4.69, 9.17) is 5.73 Å². The van der Waals surface area contributed by atoms with Crippen molar-refractivity contribution in [2.24, 2.45) is 34.3 Å². The van der Waals surface area contributed by atoms with Gasteiger partial charge in [-0.25, -0.2) is 4.79 Å². The van der Waals surface area contributed by atoms with Crippen LogP contribution < -0.4 is 21.7 Å². The molecule has 0 spiro atoms. The highest BCUT2D eigenvalue weighted by Crippen LogP contribution is 2.65. The van der Waals surface area contributed by atoms with Crippen LogP contribution in [0.5, 0.6) is 0 Å². The molecule has 1 unspecified atom stereocenters. The first-order valence-corrected chi connectivity index (χ1v) is 16.6. The van der Waals surface area contributed by atoms with Gasteiger partial charge in [-0.1, -0.05) is 72.8 Å². The number of piperidine rings is 1. The molecule has 1 aromatic heterocycles. The number of rotatable bonds is 11. The van der Waals surface area contributed by atoms with E-state index in [2.05, 4.69) is 34.8 Å². The van der Waals surface area contributed by atoms with Gasteiger partial charge in [-0.15, -0.1) is 0 Å². The van der Waals surface area contributed by atoms with Crippen molar-refractivity contribution in [2.75, 3.05) is 6.54 Å². The SMILES string of the molecule is CC(C)(C)[C@H](NC(=O)NC1(Cc2ccccn2)CCCCC1)C(=O)N1C[C@H]2[C@@H]([C@H]1C(=O)NC(CC1CC1)C(=O)C(N)=O)C2(C)C. The lowest BCUT2D eigenvalue weighted by atomic mass is 9.78. The summed E-state index contributed by atoms with van der Waals surface area (Å²) in [6, 6.07) is 2.64. The number of ketones is 1. The van der Waals surface area contributed by atoms with Crippen LogP contribution in [0, 0.1) is 28.6 Å². The first-order chi connectivity index (χ1) is 21.1. The molecule has 0 aromatic carbocycles. The molecule has 11 nitrogen and oxygen atoms in total. The van der Waals surface area contributed by atoms with Crippen LogP contribution in [-0.2, 0) is 25.6 Å². The van der Waals surface area contributed by atoms with E-state index in [1.54, 1.807) is 11.1 Å². The molecule has 1 aromatic rings. The third-order valence-corrected chi connectivity index (χ3v) is 10.7. The highest BCUT2D eigenvalue weighted by Gasteiger charge is 2.70. The smallest absolute Gasteiger partial charge is 0.315 e. The second-order valence-electron chi connectivity index (χ2n) is 15.6. The summed E-state index contributed by atoms with van der Waals surface area (Å²) in [4.78, 5) is 72.4. The molecule has 1 aliphatic heterocycles. The third-order valence-electron chi connectivity index (χ3n) is 10.7. The maximum Gasteiger partial charge on any atom is 0.315 e. The summed E-state index contributed by atoms with van der Waals surface area (Å²) in [5.74, 6) is -2.38. The Morgan fingerprint density at radius 1 is 1.04 bits per heavy atom. The molecule has 2 heterocycles. The third kappa shape index (κ3) is 7.17. The van der Waals surface area contributed by atoms with E-state index in [0.29, 0.717) is 19.4 Å². The van der Waals surface area contributed by atoms with E-state index in [1.807, 2.05) is 39.0 Å². The minimum Gasteiger partial charge on any atom is -0.363 e. The van der Waals surface area contributed by atoms with Crippen molar-refractivity contribution in [3.05, 3.63) is 30.1 Å². The Balaban J connectivity index is 1.33. The second kappa shape index (κ2) is 12.4. The number of urea groups is 1. The van der Waals surface area contributed by atoms with Crippen molar-refractivity contribution in [1.82, 2.24) is 25.8 Å². The number of nitrogens with one attached hydrogen (secondary N) is 3. The summed E-state index contributed by atoms with van der Waals surface area (Å²) in [5, 5.41) is 9.05. The second-order valence-corrected chi connectivity index (χ2v) is 15.6. The van der Waals surface area contributed by atoms with Crippen LogP contribution in [0.4, 0.5) is 4.79 Å². The average molecular weight is 623 g/mol. The molecule has 5 amide bonds. The molecule has 3 aliphatic carbocycles. The molecule has 0 bridgehead atoms. The number of Topliss-reactive ketones (excluding diaryl/α,β-unsaturated/α-hetero) is 1. The summed E-state index contributed by atoms with van der Waals surface area (Å²) < 4.78 is 0. The van der Waals surface area contributed by atoms with E-state index in [9.17, 15) is 24.0 Å². The Morgan fingerprint density at radius 2 is 1.73 bits per heavy atom. The average Bonchev–Trinajstić information content (AvgIpc) is 3.82. The van der Waals surface area contributed by atoms with Gasteiger partial charge in [0.05, 0.1) is 6.04 Å². The first kappa shape index (κ1) is 32.9. The van der Waals surface area contributed by atoms with Gasteiger partial charge in [0, 0.05) is 30.4 Å². The Hall–Kier alpha value is -3.50. The Kier molecular flexibility index (Phi) is 9.03. The van der Waals surface area contributed by atoms with Crippen LogP contribution in [-0.4, -0.2) is 69.6 Å². The van der Waals surface area contributed by atoms with Crippen molar-refractivity contribution in [3.63, 3.8) is 0 Å². The lowest BCUT2D eigenvalue weighted by molar-refractivity contribution is -0.145. The topological polar surface area (TPSA) is 164 Å². The van der Waals surface area contributed by atoms with Crippen LogP contribution in [0.25, 0.3) is 0 Å². The standard InChI is InChI=1S/C34H50N6O5/c1-32(2,3)27(38-31(45)39-34(14-8-6-9-15-34)18-21-11-7-10-16-36-21)30(44)40-19-22-24(33(22,4)5)25(40)29(43)37-23(17-20-12-13-20)26(41)28(35)42/h7,10-11,16,20,22-25,27H,6,8-9,12-15,17-19H2,1-5H3,(H2,35,42)(H,37,43)(H2,38,39,45)/t22-,23?,24-,25-,27+/m0/s1. The number of primary amides is 1. The lowest BCUT2D eigenvalue weighted by Crippen LogP contribution is -2.63. The number of carbonyl (C=O) groups is 5. The molecule has 45 heavy (non-hydrogen) atoms. The van der Waals surface area contributed by atoms with Crippen molar-refractivity contribution in [1.29, 1.82) is 0 Å². The monoisotopic (exact) mass is 622 g/mol. The van der Waals surface area contributed by atoms with Crippen LogP contribution in [0.1, 0.15) is 91.7 Å². The molecule has 11 heteroatoms. The summed E-state index contributed by atoms with van der Waals surface area (Å²) in [6.45, 7) is 10.2. The summed E-state index contributed by atoms with van der Waals surface area (Å²) >= 11 is 0. The maximum atomic E-state index is 14.4. The number of nitrogens with two attached hydrogens (primary N) is 1. The van der Waals surface area contributed by atoms with Gasteiger partial charge in [0.15, 0.2) is 0 Å². The number of nitrogens with zero attached hydrogens (tertiary/aromatic N) is 2. The molecule has 3 saturated carbocycles. The molecular weight excluding hydrogens is 572 g/mol. The van der Waals surface area contributed by atoms with Gasteiger partial charge >= 0.3 is 6.03 Å². The highest BCUT2D eigenvalue weighted by atomic mass is 16.2. The number of fused-ring (bicyclic) bond motifs is 1. The normalized spacial score (nSPS) is 26.2. The molecule has 5 atom stereocenters. The maximum absolute atomic E-state index is 14.4.